The highest BCUT2D eigenvalue weighted by atomic mass is 19.4. The van der Waals surface area contributed by atoms with Crippen molar-refractivity contribution in [2.24, 2.45) is 0 Å². The first-order chi connectivity index (χ1) is 7.55. The van der Waals surface area contributed by atoms with E-state index in [0.29, 0.717) is 19.1 Å². The summed E-state index contributed by atoms with van der Waals surface area (Å²) in [6.07, 6.45) is -0.178. The van der Waals surface area contributed by atoms with Crippen molar-refractivity contribution in [1.82, 2.24) is 10.2 Å². The molecule has 2 aliphatic rings. The van der Waals surface area contributed by atoms with Gasteiger partial charge < -0.3 is 5.32 Å². The molecule has 0 bridgehead atoms. The van der Waals surface area contributed by atoms with E-state index in [1.54, 1.807) is 0 Å². The minimum atomic E-state index is -4.13. The number of nitrogens with one attached hydrogen (secondary N) is 1. The fourth-order valence-electron chi connectivity index (χ4n) is 1.89. The number of halogens is 3. The fraction of sp³-hybridized carbons (Fsp3) is 0.818. The zero-order valence-electron chi connectivity index (χ0n) is 9.19. The Bertz CT molecular complexity index is 269. The lowest BCUT2D eigenvalue weighted by Crippen LogP contribution is -2.37. The molecule has 0 radical (unpaired) electrons. The average Bonchev–Trinajstić information content (AvgIpc) is 3.01. The van der Waals surface area contributed by atoms with Crippen molar-refractivity contribution in [3.8, 4) is 0 Å². The molecule has 0 amide bonds. The number of alkyl halides is 3. The van der Waals surface area contributed by atoms with Crippen molar-refractivity contribution in [3.63, 3.8) is 0 Å². The molecule has 2 nitrogen and oxygen atoms in total. The lowest BCUT2D eigenvalue weighted by Gasteiger charge is -2.27. The Hall–Kier alpha value is -0.550. The number of nitrogens with zero attached hydrogens (tertiary/aromatic N) is 1. The summed E-state index contributed by atoms with van der Waals surface area (Å²) in [5.41, 5.74) is -0.362. The van der Waals surface area contributed by atoms with Gasteiger partial charge in [0.05, 0.1) is 0 Å². The lowest BCUT2D eigenvalue weighted by atomic mass is 10.1. The van der Waals surface area contributed by atoms with Crippen LogP contribution in [0.3, 0.4) is 0 Å². The summed E-state index contributed by atoms with van der Waals surface area (Å²) in [7, 11) is 0. The first-order valence-electron chi connectivity index (χ1n) is 5.77. The highest BCUT2D eigenvalue weighted by Crippen LogP contribution is 2.29. The minimum Gasteiger partial charge on any atom is -0.313 e. The van der Waals surface area contributed by atoms with Crippen molar-refractivity contribution in [1.29, 1.82) is 0 Å². The summed E-state index contributed by atoms with van der Waals surface area (Å²) in [4.78, 5) is 2.06. The summed E-state index contributed by atoms with van der Waals surface area (Å²) < 4.78 is 37.0. The molecule has 1 N–H and O–H groups in total. The second-order valence-electron chi connectivity index (χ2n) is 4.51. The van der Waals surface area contributed by atoms with Crippen LogP contribution < -0.4 is 5.32 Å². The van der Waals surface area contributed by atoms with Crippen LogP contribution in [-0.4, -0.2) is 43.3 Å². The van der Waals surface area contributed by atoms with Gasteiger partial charge in [-0.15, -0.1) is 0 Å². The van der Waals surface area contributed by atoms with Gasteiger partial charge >= 0.3 is 6.18 Å². The zero-order valence-corrected chi connectivity index (χ0v) is 9.19. The van der Waals surface area contributed by atoms with Gasteiger partial charge in [-0.2, -0.15) is 13.2 Å². The maximum atomic E-state index is 12.3. The molecule has 1 aliphatic carbocycles. The van der Waals surface area contributed by atoms with E-state index in [2.05, 4.69) is 10.2 Å². The van der Waals surface area contributed by atoms with Gasteiger partial charge in [0, 0.05) is 37.8 Å². The molecule has 1 saturated carbocycles. The summed E-state index contributed by atoms with van der Waals surface area (Å²) in [6.45, 7) is 2.69. The van der Waals surface area contributed by atoms with Gasteiger partial charge in [-0.25, -0.2) is 0 Å². The largest absolute Gasteiger partial charge is 0.412 e. The Balaban J connectivity index is 1.69. The predicted molar refractivity (Wildman–Crippen MR) is 56.2 cm³/mol. The topological polar surface area (TPSA) is 15.3 Å². The SMILES string of the molecule is FC(F)(F)C1=CCN(CCNC2CC2)CC1. The van der Waals surface area contributed by atoms with Gasteiger partial charge in [0.15, 0.2) is 0 Å². The van der Waals surface area contributed by atoms with Crippen LogP contribution in [-0.2, 0) is 0 Å². The van der Waals surface area contributed by atoms with Crippen LogP contribution in [0.5, 0.6) is 0 Å². The molecule has 0 aromatic carbocycles. The molecule has 92 valence electrons. The first kappa shape index (κ1) is 11.9. The molecule has 0 atom stereocenters. The normalized spacial score (nSPS) is 23.3. The second-order valence-corrected chi connectivity index (χ2v) is 4.51. The summed E-state index contributed by atoms with van der Waals surface area (Å²) >= 11 is 0. The Labute approximate surface area is 93.5 Å². The third-order valence-corrected chi connectivity index (χ3v) is 3.10. The van der Waals surface area contributed by atoms with Crippen LogP contribution >= 0.6 is 0 Å². The van der Waals surface area contributed by atoms with Crippen LogP contribution in [0.15, 0.2) is 11.6 Å². The van der Waals surface area contributed by atoms with E-state index in [9.17, 15) is 13.2 Å². The second kappa shape index (κ2) is 4.75. The van der Waals surface area contributed by atoms with E-state index in [1.807, 2.05) is 0 Å². The molecule has 0 aromatic rings. The Morgan fingerprint density at radius 1 is 1.38 bits per heavy atom. The molecular formula is C11H17F3N2. The molecule has 1 fully saturated rings. The fourth-order valence-corrected chi connectivity index (χ4v) is 1.89. The first-order valence-corrected chi connectivity index (χ1v) is 5.77. The molecule has 0 saturated heterocycles. The number of rotatable bonds is 4. The van der Waals surface area contributed by atoms with Crippen LogP contribution in [0.2, 0.25) is 0 Å². The van der Waals surface area contributed by atoms with Gasteiger partial charge in [-0.1, -0.05) is 6.08 Å². The maximum absolute atomic E-state index is 12.3. The number of hydrogen-bond acceptors (Lipinski definition) is 2. The summed E-state index contributed by atoms with van der Waals surface area (Å²) in [5.74, 6) is 0. The molecule has 0 aromatic heterocycles. The molecule has 16 heavy (non-hydrogen) atoms. The third-order valence-electron chi connectivity index (χ3n) is 3.10. The average molecular weight is 234 g/mol. The Morgan fingerprint density at radius 3 is 2.62 bits per heavy atom. The highest BCUT2D eigenvalue weighted by Gasteiger charge is 2.34. The molecule has 0 unspecified atom stereocenters. The van der Waals surface area contributed by atoms with E-state index in [0.717, 1.165) is 13.1 Å². The Kier molecular flexibility index (Phi) is 3.54. The van der Waals surface area contributed by atoms with E-state index < -0.39 is 6.18 Å². The predicted octanol–water partition coefficient (Wildman–Crippen LogP) is 1.93. The molecule has 2 rings (SSSR count). The van der Waals surface area contributed by atoms with Crippen LogP contribution in [0.1, 0.15) is 19.3 Å². The van der Waals surface area contributed by atoms with Gasteiger partial charge in [-0.05, 0) is 19.3 Å². The molecule has 5 heteroatoms. The van der Waals surface area contributed by atoms with E-state index in [1.165, 1.54) is 18.9 Å². The molecule has 1 aliphatic heterocycles. The maximum Gasteiger partial charge on any atom is 0.412 e. The standard InChI is InChI=1S/C11H17F3N2/c12-11(13,14)9-3-6-16(7-4-9)8-5-15-10-1-2-10/h3,10,15H,1-2,4-8H2. The zero-order chi connectivity index (χ0) is 11.6. The van der Waals surface area contributed by atoms with E-state index >= 15 is 0 Å². The quantitative estimate of drug-likeness (QED) is 0.748. The van der Waals surface area contributed by atoms with Gasteiger partial charge in [0.25, 0.3) is 0 Å². The Morgan fingerprint density at radius 2 is 2.12 bits per heavy atom. The van der Waals surface area contributed by atoms with Crippen LogP contribution in [0, 0.1) is 0 Å². The van der Waals surface area contributed by atoms with Crippen molar-refractivity contribution in [3.05, 3.63) is 11.6 Å². The van der Waals surface area contributed by atoms with Gasteiger partial charge in [0.2, 0.25) is 0 Å². The smallest absolute Gasteiger partial charge is 0.313 e. The van der Waals surface area contributed by atoms with E-state index in [-0.39, 0.29) is 12.0 Å². The third kappa shape index (κ3) is 3.49. The highest BCUT2D eigenvalue weighted by molar-refractivity contribution is 5.12. The van der Waals surface area contributed by atoms with Gasteiger partial charge in [0.1, 0.15) is 0 Å². The van der Waals surface area contributed by atoms with Crippen molar-refractivity contribution < 1.29 is 13.2 Å². The minimum absolute atomic E-state index is 0.132. The lowest BCUT2D eigenvalue weighted by molar-refractivity contribution is -0.0959. The van der Waals surface area contributed by atoms with Crippen molar-refractivity contribution in [2.45, 2.75) is 31.5 Å². The molecule has 1 heterocycles. The summed E-state index contributed by atoms with van der Waals surface area (Å²) in [6, 6.07) is 0.672. The van der Waals surface area contributed by atoms with Crippen molar-refractivity contribution in [2.75, 3.05) is 26.2 Å². The van der Waals surface area contributed by atoms with Gasteiger partial charge in [-0.3, -0.25) is 4.90 Å². The van der Waals surface area contributed by atoms with Crippen LogP contribution in [0.4, 0.5) is 13.2 Å². The molecule has 0 spiro atoms. The number of hydrogen-bond donors (Lipinski definition) is 1. The monoisotopic (exact) mass is 234 g/mol. The van der Waals surface area contributed by atoms with E-state index in [4.69, 9.17) is 0 Å². The summed E-state index contributed by atoms with van der Waals surface area (Å²) in [5, 5.41) is 3.36. The van der Waals surface area contributed by atoms with Crippen molar-refractivity contribution >= 4 is 0 Å². The molecular weight excluding hydrogens is 217 g/mol. The van der Waals surface area contributed by atoms with Crippen LogP contribution in [0.25, 0.3) is 0 Å².